The highest BCUT2D eigenvalue weighted by Crippen LogP contribution is 2.29. The third-order valence-corrected chi connectivity index (χ3v) is 11.0. The highest BCUT2D eigenvalue weighted by molar-refractivity contribution is 7.92. The number of hydrogen-bond acceptors (Lipinski definition) is 4. The van der Waals surface area contributed by atoms with E-state index >= 15 is 0 Å². The van der Waals surface area contributed by atoms with Crippen LogP contribution in [0.4, 0.5) is 5.69 Å². The molecule has 1 aliphatic rings. The zero-order valence-electron chi connectivity index (χ0n) is 27.9. The first-order chi connectivity index (χ1) is 23.0. The molecule has 4 aromatic carbocycles. The van der Waals surface area contributed by atoms with E-state index in [1.54, 1.807) is 48.5 Å². The van der Waals surface area contributed by atoms with Gasteiger partial charge in [0.1, 0.15) is 12.6 Å². The summed E-state index contributed by atoms with van der Waals surface area (Å²) in [6.07, 6.45) is 5.27. The number of amides is 2. The predicted molar refractivity (Wildman–Crippen MR) is 193 cm³/mol. The maximum Gasteiger partial charge on any atom is 0.264 e. The number of sulfonamides is 1. The molecule has 0 heterocycles. The second-order valence-corrected chi connectivity index (χ2v) is 15.1. The second-order valence-electron chi connectivity index (χ2n) is 12.8. The van der Waals surface area contributed by atoms with Gasteiger partial charge in [-0.2, -0.15) is 0 Å². The van der Waals surface area contributed by atoms with E-state index in [-0.39, 0.29) is 29.8 Å². The molecule has 9 heteroatoms. The van der Waals surface area contributed by atoms with Crippen molar-refractivity contribution < 1.29 is 18.0 Å². The molecule has 1 N–H and O–H groups in total. The molecule has 5 rings (SSSR count). The second kappa shape index (κ2) is 15.8. The molecule has 4 aromatic rings. The summed E-state index contributed by atoms with van der Waals surface area (Å²) in [4.78, 5) is 30.7. The number of hydrogen-bond donors (Lipinski definition) is 1. The third kappa shape index (κ3) is 8.85. The summed E-state index contributed by atoms with van der Waals surface area (Å²) in [5.74, 6) is -0.743. The van der Waals surface area contributed by atoms with Gasteiger partial charge in [0.2, 0.25) is 11.8 Å². The van der Waals surface area contributed by atoms with Gasteiger partial charge in [0.15, 0.2) is 0 Å². The van der Waals surface area contributed by atoms with Crippen LogP contribution in [-0.4, -0.2) is 43.8 Å². The third-order valence-electron chi connectivity index (χ3n) is 8.99. The Bertz CT molecular complexity index is 1820. The lowest BCUT2D eigenvalue weighted by Gasteiger charge is -2.35. The van der Waals surface area contributed by atoms with E-state index < -0.39 is 28.5 Å². The van der Waals surface area contributed by atoms with Gasteiger partial charge >= 0.3 is 0 Å². The Morgan fingerprint density at radius 1 is 0.812 bits per heavy atom. The van der Waals surface area contributed by atoms with Crippen LogP contribution in [-0.2, 0) is 32.6 Å². The Hall–Kier alpha value is -4.14. The Labute approximate surface area is 290 Å². The number of anilines is 1. The van der Waals surface area contributed by atoms with Crippen molar-refractivity contribution in [3.8, 4) is 0 Å². The summed E-state index contributed by atoms with van der Waals surface area (Å²) in [5, 5.41) is 3.75. The van der Waals surface area contributed by atoms with Crippen LogP contribution >= 0.6 is 11.6 Å². The largest absolute Gasteiger partial charge is 0.352 e. The van der Waals surface area contributed by atoms with Gasteiger partial charge in [-0.1, -0.05) is 103 Å². The van der Waals surface area contributed by atoms with E-state index in [0.29, 0.717) is 16.3 Å². The molecule has 0 unspecified atom stereocenters. The molecule has 0 saturated heterocycles. The summed E-state index contributed by atoms with van der Waals surface area (Å²) in [6.45, 7) is 5.18. The molecule has 1 fully saturated rings. The first kappa shape index (κ1) is 35.2. The summed E-state index contributed by atoms with van der Waals surface area (Å²) in [6, 6.07) is 28.1. The van der Waals surface area contributed by atoms with Crippen molar-refractivity contribution in [2.45, 2.75) is 82.8 Å². The lowest BCUT2D eigenvalue weighted by molar-refractivity contribution is -0.140. The summed E-state index contributed by atoms with van der Waals surface area (Å²) in [7, 11) is -4.18. The monoisotopic (exact) mass is 685 g/mol. The van der Waals surface area contributed by atoms with Crippen molar-refractivity contribution in [1.82, 2.24) is 10.2 Å². The fourth-order valence-electron chi connectivity index (χ4n) is 6.27. The lowest BCUT2D eigenvalue weighted by atomic mass is 9.94. The number of carbonyl (C=O) groups is 2. The topological polar surface area (TPSA) is 86.8 Å². The minimum Gasteiger partial charge on any atom is -0.352 e. The highest BCUT2D eigenvalue weighted by Gasteiger charge is 2.36. The van der Waals surface area contributed by atoms with Gasteiger partial charge in [-0.25, -0.2) is 8.42 Å². The van der Waals surface area contributed by atoms with Crippen molar-refractivity contribution in [3.05, 3.63) is 130 Å². The molecule has 48 heavy (non-hydrogen) atoms. The molecule has 1 aliphatic carbocycles. The number of rotatable bonds is 12. The van der Waals surface area contributed by atoms with Gasteiger partial charge in [-0.3, -0.25) is 13.9 Å². The lowest BCUT2D eigenvalue weighted by Crippen LogP contribution is -2.55. The molecule has 0 bridgehead atoms. The van der Waals surface area contributed by atoms with Crippen molar-refractivity contribution >= 4 is 39.1 Å². The van der Waals surface area contributed by atoms with Gasteiger partial charge in [-0.05, 0) is 86.2 Å². The standard InChI is InChI=1S/C39H44ClN3O4S/c1-28-18-21-35(22-19-28)48(46,47)43(36-23-29(2)17-20-30(36)3)27-38(44)42(26-32-13-10-14-33(40)24-32)37(25-31-11-6-4-7-12-31)39(45)41-34-15-8-5-9-16-34/h4,6-7,10-14,17-24,34,37H,5,8-9,15-16,25-27H2,1-3H3,(H,41,45)/t37-/m1/s1. The minimum atomic E-state index is -4.18. The van der Waals surface area contributed by atoms with Crippen LogP contribution in [0.2, 0.25) is 5.02 Å². The zero-order valence-corrected chi connectivity index (χ0v) is 29.4. The fourth-order valence-corrected chi connectivity index (χ4v) is 7.95. The molecule has 0 aliphatic heterocycles. The molecule has 1 saturated carbocycles. The molecular weight excluding hydrogens is 642 g/mol. The molecule has 0 spiro atoms. The number of halogens is 1. The van der Waals surface area contributed by atoms with Crippen LogP contribution in [0.3, 0.4) is 0 Å². The molecule has 7 nitrogen and oxygen atoms in total. The van der Waals surface area contributed by atoms with Gasteiger partial charge in [0.25, 0.3) is 10.0 Å². The van der Waals surface area contributed by atoms with Crippen LogP contribution in [0, 0.1) is 20.8 Å². The first-order valence-electron chi connectivity index (χ1n) is 16.6. The van der Waals surface area contributed by atoms with E-state index in [0.717, 1.165) is 54.4 Å². The van der Waals surface area contributed by atoms with E-state index in [4.69, 9.17) is 11.6 Å². The molecule has 2 amide bonds. The highest BCUT2D eigenvalue weighted by atomic mass is 35.5. The molecule has 0 radical (unpaired) electrons. The Balaban J connectivity index is 1.59. The molecule has 0 aromatic heterocycles. The number of aryl methyl sites for hydroxylation is 3. The number of nitrogens with zero attached hydrogens (tertiary/aromatic N) is 2. The maximum absolute atomic E-state index is 14.8. The smallest absolute Gasteiger partial charge is 0.264 e. The van der Waals surface area contributed by atoms with Crippen LogP contribution in [0.25, 0.3) is 0 Å². The predicted octanol–water partition coefficient (Wildman–Crippen LogP) is 7.55. The Kier molecular flexibility index (Phi) is 11.6. The first-order valence-corrected chi connectivity index (χ1v) is 18.4. The van der Waals surface area contributed by atoms with E-state index in [1.807, 2.05) is 69.3 Å². The summed E-state index contributed by atoms with van der Waals surface area (Å²) in [5.41, 5.74) is 4.53. The number of benzene rings is 4. The summed E-state index contributed by atoms with van der Waals surface area (Å²) < 4.78 is 30.0. The number of nitrogens with one attached hydrogen (secondary N) is 1. The zero-order chi connectivity index (χ0) is 34.3. The molecular formula is C39H44ClN3O4S. The van der Waals surface area contributed by atoms with E-state index in [2.05, 4.69) is 5.32 Å². The normalized spacial score (nSPS) is 14.2. The molecule has 1 atom stereocenters. The average molecular weight is 686 g/mol. The van der Waals surface area contributed by atoms with Crippen LogP contribution in [0.5, 0.6) is 0 Å². The Morgan fingerprint density at radius 3 is 2.17 bits per heavy atom. The van der Waals surface area contributed by atoms with Crippen molar-refractivity contribution in [2.24, 2.45) is 0 Å². The van der Waals surface area contributed by atoms with Crippen LogP contribution < -0.4 is 9.62 Å². The maximum atomic E-state index is 14.8. The SMILES string of the molecule is Cc1ccc(S(=O)(=O)N(CC(=O)N(Cc2cccc(Cl)c2)[C@H](Cc2ccccc2)C(=O)NC2CCCCC2)c2cc(C)ccc2C)cc1. The van der Waals surface area contributed by atoms with E-state index in [1.165, 1.54) is 9.21 Å². The van der Waals surface area contributed by atoms with Gasteiger partial charge in [0, 0.05) is 24.0 Å². The van der Waals surface area contributed by atoms with Gasteiger partial charge in [-0.15, -0.1) is 0 Å². The molecule has 252 valence electrons. The van der Waals surface area contributed by atoms with Gasteiger partial charge in [0.05, 0.1) is 10.6 Å². The van der Waals surface area contributed by atoms with Crippen molar-refractivity contribution in [2.75, 3.05) is 10.8 Å². The van der Waals surface area contributed by atoms with Crippen molar-refractivity contribution in [3.63, 3.8) is 0 Å². The fraction of sp³-hybridized carbons (Fsp3) is 0.333. The quantitative estimate of drug-likeness (QED) is 0.167. The Morgan fingerprint density at radius 2 is 1.48 bits per heavy atom. The number of carbonyl (C=O) groups excluding carboxylic acids is 2. The van der Waals surface area contributed by atoms with E-state index in [9.17, 15) is 18.0 Å². The summed E-state index contributed by atoms with van der Waals surface area (Å²) >= 11 is 6.37. The minimum absolute atomic E-state index is 0.0287. The van der Waals surface area contributed by atoms with Crippen LogP contribution in [0.15, 0.2) is 102 Å². The average Bonchev–Trinajstić information content (AvgIpc) is 3.07. The van der Waals surface area contributed by atoms with Crippen molar-refractivity contribution in [1.29, 1.82) is 0 Å². The van der Waals surface area contributed by atoms with Gasteiger partial charge < -0.3 is 10.2 Å². The van der Waals surface area contributed by atoms with Crippen LogP contribution in [0.1, 0.15) is 59.9 Å².